The Kier molecular flexibility index (Phi) is 5.90. The fraction of sp³-hybridized carbons (Fsp3) is 0.650. The van der Waals surface area contributed by atoms with Crippen LogP contribution in [0.4, 0.5) is 0 Å². The van der Waals surface area contributed by atoms with E-state index in [0.717, 1.165) is 52.4 Å². The molecule has 2 aliphatic rings. The summed E-state index contributed by atoms with van der Waals surface area (Å²) in [5.41, 5.74) is 3.62. The summed E-state index contributed by atoms with van der Waals surface area (Å²) in [6, 6.07) is 6.39. The second kappa shape index (κ2) is 8.13. The molecule has 132 valence electrons. The van der Waals surface area contributed by atoms with Crippen molar-refractivity contribution in [1.82, 2.24) is 9.80 Å². The molecule has 2 fully saturated rings. The summed E-state index contributed by atoms with van der Waals surface area (Å²) >= 11 is 0. The molecule has 4 nitrogen and oxygen atoms in total. The van der Waals surface area contributed by atoms with Crippen LogP contribution in [-0.2, 0) is 16.0 Å². The molecule has 0 saturated carbocycles. The Hall–Kier alpha value is -1.39. The van der Waals surface area contributed by atoms with Crippen LogP contribution in [-0.4, -0.2) is 61.6 Å². The Balaban J connectivity index is 1.55. The number of likely N-dealkylation sites (tertiary alicyclic amines) is 1. The zero-order valence-electron chi connectivity index (χ0n) is 15.1. The van der Waals surface area contributed by atoms with Crippen LogP contribution in [0.1, 0.15) is 29.5 Å². The number of hydrogen-bond donors (Lipinski definition) is 0. The van der Waals surface area contributed by atoms with Crippen LogP contribution in [0.2, 0.25) is 0 Å². The lowest BCUT2D eigenvalue weighted by Crippen LogP contribution is -2.46. The Labute approximate surface area is 145 Å². The fourth-order valence-corrected chi connectivity index (χ4v) is 3.85. The van der Waals surface area contributed by atoms with E-state index in [4.69, 9.17) is 4.74 Å². The third-order valence-corrected chi connectivity index (χ3v) is 5.34. The van der Waals surface area contributed by atoms with E-state index in [-0.39, 0.29) is 5.91 Å². The van der Waals surface area contributed by atoms with Crippen molar-refractivity contribution >= 4 is 5.91 Å². The minimum Gasteiger partial charge on any atom is -0.379 e. The van der Waals surface area contributed by atoms with Crippen molar-refractivity contribution in [2.24, 2.45) is 5.92 Å². The zero-order valence-corrected chi connectivity index (χ0v) is 15.1. The molecule has 4 heteroatoms. The minimum absolute atomic E-state index is 0.287. The Morgan fingerprint density at radius 2 is 2.00 bits per heavy atom. The van der Waals surface area contributed by atoms with Crippen LogP contribution in [0.15, 0.2) is 18.2 Å². The summed E-state index contributed by atoms with van der Waals surface area (Å²) in [4.78, 5) is 17.3. The van der Waals surface area contributed by atoms with E-state index in [2.05, 4.69) is 41.8 Å². The van der Waals surface area contributed by atoms with Crippen molar-refractivity contribution in [2.45, 2.75) is 33.1 Å². The number of amides is 1. The van der Waals surface area contributed by atoms with Crippen molar-refractivity contribution in [2.75, 3.05) is 45.9 Å². The molecule has 3 rings (SSSR count). The normalized spacial score (nSPS) is 22.6. The third kappa shape index (κ3) is 4.58. The van der Waals surface area contributed by atoms with Gasteiger partial charge in [-0.15, -0.1) is 0 Å². The number of hydrogen-bond acceptors (Lipinski definition) is 3. The van der Waals surface area contributed by atoms with Gasteiger partial charge in [-0.2, -0.15) is 0 Å². The zero-order chi connectivity index (χ0) is 16.9. The van der Waals surface area contributed by atoms with Gasteiger partial charge in [0.1, 0.15) is 0 Å². The molecule has 1 atom stereocenters. The van der Waals surface area contributed by atoms with Crippen molar-refractivity contribution < 1.29 is 9.53 Å². The maximum atomic E-state index is 12.8. The molecule has 0 radical (unpaired) electrons. The van der Waals surface area contributed by atoms with Crippen molar-refractivity contribution in [3.05, 3.63) is 34.9 Å². The highest BCUT2D eigenvalue weighted by atomic mass is 16.5. The molecule has 2 aliphatic heterocycles. The molecule has 1 amide bonds. The molecule has 1 aromatic rings. The van der Waals surface area contributed by atoms with Crippen LogP contribution in [0.3, 0.4) is 0 Å². The summed E-state index contributed by atoms with van der Waals surface area (Å²) < 4.78 is 5.43. The number of benzene rings is 1. The van der Waals surface area contributed by atoms with Crippen LogP contribution in [0.25, 0.3) is 0 Å². The number of carbonyl (C=O) groups is 1. The molecule has 0 aliphatic carbocycles. The fourth-order valence-electron chi connectivity index (χ4n) is 3.85. The van der Waals surface area contributed by atoms with E-state index in [1.54, 1.807) is 0 Å². The first kappa shape index (κ1) is 17.4. The van der Waals surface area contributed by atoms with Gasteiger partial charge >= 0.3 is 0 Å². The molecule has 1 aromatic carbocycles. The van der Waals surface area contributed by atoms with E-state index in [0.29, 0.717) is 12.3 Å². The van der Waals surface area contributed by atoms with Crippen molar-refractivity contribution in [1.29, 1.82) is 0 Å². The number of piperidine rings is 1. The molecule has 0 N–H and O–H groups in total. The molecule has 2 heterocycles. The van der Waals surface area contributed by atoms with E-state index >= 15 is 0 Å². The number of carbonyl (C=O) groups excluding carboxylic acids is 1. The van der Waals surface area contributed by atoms with Gasteiger partial charge in [0.15, 0.2) is 0 Å². The van der Waals surface area contributed by atoms with Crippen LogP contribution < -0.4 is 0 Å². The average molecular weight is 330 g/mol. The lowest BCUT2D eigenvalue weighted by atomic mass is 9.96. The first-order chi connectivity index (χ1) is 11.6. The van der Waals surface area contributed by atoms with Gasteiger partial charge in [-0.05, 0) is 43.7 Å². The lowest BCUT2D eigenvalue weighted by Gasteiger charge is -2.37. The van der Waals surface area contributed by atoms with Gasteiger partial charge in [0.05, 0.1) is 19.6 Å². The number of rotatable bonds is 4. The first-order valence-corrected chi connectivity index (χ1v) is 9.26. The van der Waals surface area contributed by atoms with Crippen LogP contribution in [0, 0.1) is 19.8 Å². The average Bonchev–Trinajstić information content (AvgIpc) is 2.59. The topological polar surface area (TPSA) is 32.8 Å². The predicted molar refractivity (Wildman–Crippen MR) is 96.2 cm³/mol. The molecule has 0 bridgehead atoms. The third-order valence-electron chi connectivity index (χ3n) is 5.34. The maximum Gasteiger partial charge on any atom is 0.227 e. The predicted octanol–water partition coefficient (Wildman–Crippen LogP) is 2.42. The van der Waals surface area contributed by atoms with E-state index < -0.39 is 0 Å². The summed E-state index contributed by atoms with van der Waals surface area (Å²) in [5, 5.41) is 0. The van der Waals surface area contributed by atoms with Crippen LogP contribution >= 0.6 is 0 Å². The number of morpholine rings is 1. The summed E-state index contributed by atoms with van der Waals surface area (Å²) in [7, 11) is 0. The molecule has 2 saturated heterocycles. The lowest BCUT2D eigenvalue weighted by molar-refractivity contribution is -0.132. The Morgan fingerprint density at radius 3 is 2.79 bits per heavy atom. The van der Waals surface area contributed by atoms with Crippen molar-refractivity contribution in [3.8, 4) is 0 Å². The molecular weight excluding hydrogens is 300 g/mol. The Morgan fingerprint density at radius 1 is 1.21 bits per heavy atom. The van der Waals surface area contributed by atoms with Crippen molar-refractivity contribution in [3.63, 3.8) is 0 Å². The van der Waals surface area contributed by atoms with Gasteiger partial charge < -0.3 is 9.64 Å². The van der Waals surface area contributed by atoms with Gasteiger partial charge in [-0.25, -0.2) is 0 Å². The highest BCUT2D eigenvalue weighted by molar-refractivity contribution is 5.79. The molecule has 1 unspecified atom stereocenters. The highest BCUT2D eigenvalue weighted by Gasteiger charge is 2.26. The second-order valence-corrected chi connectivity index (χ2v) is 7.37. The monoisotopic (exact) mass is 330 g/mol. The van der Waals surface area contributed by atoms with E-state index in [9.17, 15) is 4.79 Å². The van der Waals surface area contributed by atoms with Gasteiger partial charge in [0.25, 0.3) is 0 Å². The largest absolute Gasteiger partial charge is 0.379 e. The number of nitrogens with zero attached hydrogens (tertiary/aromatic N) is 2. The second-order valence-electron chi connectivity index (χ2n) is 7.37. The summed E-state index contributed by atoms with van der Waals surface area (Å²) in [6.07, 6.45) is 2.91. The number of aryl methyl sites for hydroxylation is 2. The molecular formula is C20H30N2O2. The smallest absolute Gasteiger partial charge is 0.227 e. The Bertz CT molecular complexity index is 567. The molecule has 0 spiro atoms. The standard InChI is InChI=1S/C20H30N2O2/c1-16-5-6-17(2)19(12-16)13-20(23)22-7-3-4-18(15-22)14-21-8-10-24-11-9-21/h5-6,12,18H,3-4,7-11,13-15H2,1-2H3. The summed E-state index contributed by atoms with van der Waals surface area (Å²) in [6.45, 7) is 10.9. The SMILES string of the molecule is Cc1ccc(C)c(CC(=O)N2CCCC(CN3CCOCC3)C2)c1. The van der Waals surface area contributed by atoms with Gasteiger partial charge in [0, 0.05) is 32.7 Å². The first-order valence-electron chi connectivity index (χ1n) is 9.26. The van der Waals surface area contributed by atoms with E-state index in [1.807, 2.05) is 0 Å². The summed E-state index contributed by atoms with van der Waals surface area (Å²) in [5.74, 6) is 0.898. The van der Waals surface area contributed by atoms with Gasteiger partial charge in [-0.3, -0.25) is 9.69 Å². The molecule has 0 aromatic heterocycles. The number of ether oxygens (including phenoxy) is 1. The quantitative estimate of drug-likeness (QED) is 0.850. The van der Waals surface area contributed by atoms with E-state index in [1.165, 1.54) is 23.1 Å². The molecule has 24 heavy (non-hydrogen) atoms. The van der Waals surface area contributed by atoms with Gasteiger partial charge in [-0.1, -0.05) is 23.8 Å². The maximum absolute atomic E-state index is 12.8. The van der Waals surface area contributed by atoms with Crippen LogP contribution in [0.5, 0.6) is 0 Å². The van der Waals surface area contributed by atoms with Gasteiger partial charge in [0.2, 0.25) is 5.91 Å². The highest BCUT2D eigenvalue weighted by Crippen LogP contribution is 2.20. The minimum atomic E-state index is 0.287.